The number of hydrazine groups is 2. The van der Waals surface area contributed by atoms with Crippen LogP contribution in [0.3, 0.4) is 0 Å². The Morgan fingerprint density at radius 1 is 1.86 bits per heavy atom. The second-order valence-corrected chi connectivity index (χ2v) is 0.821. The first-order valence-electron chi connectivity index (χ1n) is 1.42. The molecule has 6 nitrogen and oxygen atoms in total. The largest absolute Gasteiger partial charge is 0.350 e. The molecule has 0 atom stereocenters. The average Bonchev–Trinajstić information content (AvgIpc) is 1.27. The van der Waals surface area contributed by atoms with Gasteiger partial charge in [0.2, 0.25) is 0 Å². The van der Waals surface area contributed by atoms with Crippen molar-refractivity contribution in [1.29, 1.82) is 0 Å². The molecule has 2 amide bonds. The van der Waals surface area contributed by atoms with Crippen LogP contribution in [-0.2, 0) is 0 Å². The van der Waals surface area contributed by atoms with Crippen LogP contribution in [0.5, 0.6) is 0 Å². The van der Waals surface area contributed by atoms with Crippen LogP contribution in [0.2, 0.25) is 0 Å². The Labute approximate surface area is 39.6 Å². The van der Waals surface area contributed by atoms with Gasteiger partial charge in [0.1, 0.15) is 0 Å². The van der Waals surface area contributed by atoms with Gasteiger partial charge in [-0.25, -0.2) is 16.1 Å². The summed E-state index contributed by atoms with van der Waals surface area (Å²) >= 11 is 0. The normalized spacial score (nSPS) is 9.00. The molecule has 0 saturated carbocycles. The van der Waals surface area contributed by atoms with Crippen LogP contribution in [0.4, 0.5) is 4.79 Å². The van der Waals surface area contributed by atoms with Crippen LogP contribution >= 0.6 is 0 Å². The van der Waals surface area contributed by atoms with E-state index in [9.17, 15) is 4.79 Å². The van der Waals surface area contributed by atoms with Crippen molar-refractivity contribution in [3.05, 3.63) is 0 Å². The summed E-state index contributed by atoms with van der Waals surface area (Å²) in [7, 11) is 0. The molecule has 7 heavy (non-hydrogen) atoms. The quantitative estimate of drug-likeness (QED) is 0.232. The van der Waals surface area contributed by atoms with Gasteiger partial charge in [0.15, 0.2) is 0 Å². The number of carbonyl (C=O) groups is 1. The molecule has 6 heteroatoms. The minimum absolute atomic E-state index is 0.0255. The third-order valence-electron chi connectivity index (χ3n) is 0.225. The number of hydrogen-bond donors (Lipinski definition) is 4. The van der Waals surface area contributed by atoms with Gasteiger partial charge in [-0.1, -0.05) is 0 Å². The zero-order valence-electron chi connectivity index (χ0n) is 3.46. The van der Waals surface area contributed by atoms with Gasteiger partial charge in [-0.3, -0.25) is 5.21 Å². The van der Waals surface area contributed by atoms with Crippen LogP contribution in [-0.4, -0.2) is 16.5 Å². The van der Waals surface area contributed by atoms with E-state index in [2.05, 4.69) is 11.6 Å². The zero-order valence-corrected chi connectivity index (χ0v) is 3.46. The number of amides is 2. The molecule has 0 aliphatic carbocycles. The smallest absolute Gasteiger partial charge is 0.329 e. The molecule has 6 N–H and O–H groups in total. The number of rotatable bonds is 1. The topological polar surface area (TPSA) is 105 Å². The summed E-state index contributed by atoms with van der Waals surface area (Å²) in [4.78, 5) is 9.64. The third kappa shape index (κ3) is 5.15. The van der Waals surface area contributed by atoms with Crippen LogP contribution in [0.15, 0.2) is 0 Å². The Kier molecular flexibility index (Phi) is 2.06. The Balaban J connectivity index is 3.13. The van der Waals surface area contributed by atoms with Crippen molar-refractivity contribution >= 4 is 6.03 Å². The van der Waals surface area contributed by atoms with E-state index >= 15 is 0 Å². The fourth-order valence-electron chi connectivity index (χ4n) is 0.113. The Morgan fingerprint density at radius 3 is 2.29 bits per heavy atom. The lowest BCUT2D eigenvalue weighted by Crippen LogP contribution is -2.46. The molecule has 0 radical (unpaired) electrons. The predicted molar refractivity (Wildman–Crippen MR) is 20.5 cm³/mol. The van der Waals surface area contributed by atoms with Gasteiger partial charge in [0.05, 0.1) is 0 Å². The van der Waals surface area contributed by atoms with E-state index in [0.717, 1.165) is 0 Å². The van der Waals surface area contributed by atoms with Crippen LogP contribution in [0.25, 0.3) is 0 Å². The van der Waals surface area contributed by atoms with Crippen LogP contribution in [0.1, 0.15) is 0 Å². The van der Waals surface area contributed by atoms with Gasteiger partial charge < -0.3 is 5.73 Å². The van der Waals surface area contributed by atoms with Crippen molar-refractivity contribution in [2.75, 3.05) is 0 Å². The lowest BCUT2D eigenvalue weighted by Gasteiger charge is -2.03. The first kappa shape index (κ1) is 6.15. The molecule has 0 aromatic rings. The number of carbonyl (C=O) groups excluding carboxylic acids is 1. The van der Waals surface area contributed by atoms with Crippen molar-refractivity contribution in [3.63, 3.8) is 0 Å². The molecule has 0 aliphatic heterocycles. The standard InChI is InChI=1S/CH6N4O2/c2-1(6)4-5(3)7/h7H,3H2,(H3,2,4,6). The number of urea groups is 1. The summed E-state index contributed by atoms with van der Waals surface area (Å²) in [5.41, 5.74) is 6.07. The molecule has 0 aliphatic rings. The van der Waals surface area contributed by atoms with Crippen LogP contribution < -0.4 is 17.0 Å². The van der Waals surface area contributed by atoms with E-state index in [1.165, 1.54) is 0 Å². The fraction of sp³-hybridized carbons (Fsp3) is 0. The first-order valence-corrected chi connectivity index (χ1v) is 1.42. The van der Waals surface area contributed by atoms with Crippen molar-refractivity contribution in [2.45, 2.75) is 0 Å². The Bertz CT molecular complexity index is 70.1. The minimum atomic E-state index is -0.912. The van der Waals surface area contributed by atoms with Crippen molar-refractivity contribution in [1.82, 2.24) is 10.7 Å². The van der Waals surface area contributed by atoms with Crippen molar-refractivity contribution in [2.24, 2.45) is 11.6 Å². The van der Waals surface area contributed by atoms with Gasteiger partial charge in [0.25, 0.3) is 0 Å². The van der Waals surface area contributed by atoms with E-state index in [0.29, 0.717) is 0 Å². The number of nitrogens with zero attached hydrogens (tertiary/aromatic N) is 1. The molecule has 0 unspecified atom stereocenters. The third-order valence-corrected chi connectivity index (χ3v) is 0.225. The minimum Gasteiger partial charge on any atom is -0.350 e. The molecular formula is CH6N4O2. The maximum atomic E-state index is 9.64. The van der Waals surface area contributed by atoms with E-state index in [1.54, 1.807) is 5.43 Å². The van der Waals surface area contributed by atoms with E-state index < -0.39 is 6.03 Å². The van der Waals surface area contributed by atoms with Crippen molar-refractivity contribution in [3.8, 4) is 0 Å². The summed E-state index contributed by atoms with van der Waals surface area (Å²) in [5, 5.41) is 7.90. The van der Waals surface area contributed by atoms with Gasteiger partial charge in [-0.15, -0.1) is 0 Å². The van der Waals surface area contributed by atoms with E-state index in [4.69, 9.17) is 5.21 Å². The highest BCUT2D eigenvalue weighted by Crippen LogP contribution is 1.52. The highest BCUT2D eigenvalue weighted by Gasteiger charge is 1.90. The molecule has 0 bridgehead atoms. The monoisotopic (exact) mass is 106 g/mol. The lowest BCUT2D eigenvalue weighted by molar-refractivity contribution is -0.124. The van der Waals surface area contributed by atoms with Gasteiger partial charge in [-0.05, 0) is 5.28 Å². The summed E-state index contributed by atoms with van der Waals surface area (Å²) in [5.74, 6) is 4.47. The molecule has 0 aromatic carbocycles. The number of nitrogens with one attached hydrogen (secondary N) is 1. The summed E-state index contributed by atoms with van der Waals surface area (Å²) < 4.78 is 0. The molecule has 0 heterocycles. The SMILES string of the molecule is NC(=O)NN(N)O. The average molecular weight is 106 g/mol. The fourth-order valence-corrected chi connectivity index (χ4v) is 0.113. The van der Waals surface area contributed by atoms with Gasteiger partial charge >= 0.3 is 6.03 Å². The summed E-state index contributed by atoms with van der Waals surface area (Å²) in [6.45, 7) is 0. The molecule has 0 fully saturated rings. The highest BCUT2D eigenvalue weighted by atomic mass is 16.6. The van der Waals surface area contributed by atoms with Crippen molar-refractivity contribution < 1.29 is 10.0 Å². The Hall–Kier alpha value is -0.850. The maximum Gasteiger partial charge on any atom is 0.329 e. The number of hydrogen-bond acceptors (Lipinski definition) is 4. The van der Waals surface area contributed by atoms with Gasteiger partial charge in [-0.2, -0.15) is 0 Å². The molecule has 0 saturated heterocycles. The predicted octanol–water partition coefficient (Wildman–Crippen LogP) is -1.87. The lowest BCUT2D eigenvalue weighted by atomic mass is 11.1. The summed E-state index contributed by atoms with van der Waals surface area (Å²) in [6.07, 6.45) is 0. The first-order chi connectivity index (χ1) is 3.13. The molecule has 42 valence electrons. The zero-order chi connectivity index (χ0) is 5.86. The number of nitrogens with two attached hydrogens (primary N) is 2. The summed E-state index contributed by atoms with van der Waals surface area (Å²) in [6, 6.07) is -0.912. The molecule has 0 aromatic heterocycles. The maximum absolute atomic E-state index is 9.64. The van der Waals surface area contributed by atoms with Gasteiger partial charge in [0, 0.05) is 0 Å². The second-order valence-electron chi connectivity index (χ2n) is 0.821. The second kappa shape index (κ2) is 2.35. The molecule has 0 spiro atoms. The highest BCUT2D eigenvalue weighted by molar-refractivity contribution is 5.70. The molecule has 0 rings (SSSR count). The number of primary amides is 1. The Morgan fingerprint density at radius 2 is 2.29 bits per heavy atom. The van der Waals surface area contributed by atoms with Crippen LogP contribution in [0, 0.1) is 0 Å². The van der Waals surface area contributed by atoms with E-state index in [1.807, 2.05) is 0 Å². The van der Waals surface area contributed by atoms with E-state index in [-0.39, 0.29) is 5.28 Å². The molecular weight excluding hydrogens is 100 g/mol.